The SMILES string of the molecule is Cc1csc2c(C#N)ccc(N[C@@H](C(=O)NNC(=O)c3ccc(C#N)cc3)[C@H](C)O)c12. The van der Waals surface area contributed by atoms with Crippen LogP contribution < -0.4 is 16.2 Å². The normalized spacial score (nSPS) is 12.3. The van der Waals surface area contributed by atoms with Crippen LogP contribution >= 0.6 is 11.3 Å². The molecule has 0 radical (unpaired) electrons. The highest BCUT2D eigenvalue weighted by Crippen LogP contribution is 2.34. The second-order valence-corrected chi connectivity index (χ2v) is 7.77. The van der Waals surface area contributed by atoms with Gasteiger partial charge in [0.05, 0.1) is 28.0 Å². The summed E-state index contributed by atoms with van der Waals surface area (Å²) >= 11 is 1.43. The Morgan fingerprint density at radius 3 is 2.39 bits per heavy atom. The number of nitriles is 2. The molecule has 4 N–H and O–H groups in total. The second-order valence-electron chi connectivity index (χ2n) is 6.89. The molecule has 0 aliphatic carbocycles. The maximum atomic E-state index is 12.7. The smallest absolute Gasteiger partial charge is 0.269 e. The Hall–Kier alpha value is -3.92. The number of rotatable bonds is 5. The third-order valence-corrected chi connectivity index (χ3v) is 5.81. The molecule has 1 heterocycles. The molecule has 8 nitrogen and oxygen atoms in total. The molecule has 3 aromatic rings. The van der Waals surface area contributed by atoms with Crippen LogP contribution in [0.1, 0.15) is 34.0 Å². The standard InChI is InChI=1S/C22H19N5O3S/c1-12-11-31-20-16(10-24)7-8-17(18(12)20)25-19(13(2)28)22(30)27-26-21(29)15-5-3-14(9-23)4-6-15/h3-8,11,13,19,25,28H,1-2H3,(H,26,29)(H,27,30)/t13-,19+/m0/s1. The first-order chi connectivity index (χ1) is 14.8. The van der Waals surface area contributed by atoms with Gasteiger partial charge in [0.25, 0.3) is 11.8 Å². The molecule has 0 fully saturated rings. The van der Waals surface area contributed by atoms with Crippen molar-refractivity contribution < 1.29 is 14.7 Å². The van der Waals surface area contributed by atoms with Crippen molar-refractivity contribution in [2.24, 2.45) is 0 Å². The first kappa shape index (κ1) is 21.8. The molecule has 31 heavy (non-hydrogen) atoms. The minimum Gasteiger partial charge on any atom is -0.391 e. The van der Waals surface area contributed by atoms with Crippen molar-refractivity contribution in [3.63, 3.8) is 0 Å². The van der Waals surface area contributed by atoms with E-state index in [1.807, 2.05) is 18.4 Å². The molecular formula is C22H19N5O3S. The molecule has 2 atom stereocenters. The maximum Gasteiger partial charge on any atom is 0.269 e. The highest BCUT2D eigenvalue weighted by atomic mass is 32.1. The number of anilines is 1. The van der Waals surface area contributed by atoms with Gasteiger partial charge in [-0.3, -0.25) is 20.4 Å². The average molecular weight is 433 g/mol. The summed E-state index contributed by atoms with van der Waals surface area (Å²) in [6, 6.07) is 12.3. The Labute approximate surface area is 182 Å². The number of hydrogen-bond acceptors (Lipinski definition) is 7. The Bertz CT molecular complexity index is 1220. The number of nitrogens with one attached hydrogen (secondary N) is 3. The Morgan fingerprint density at radius 1 is 1.06 bits per heavy atom. The number of nitrogens with zero attached hydrogens (tertiary/aromatic N) is 2. The summed E-state index contributed by atoms with van der Waals surface area (Å²) in [6.07, 6.45) is -1.07. The lowest BCUT2D eigenvalue weighted by atomic mass is 10.1. The molecule has 0 bridgehead atoms. The lowest BCUT2D eigenvalue weighted by Crippen LogP contribution is -2.52. The van der Waals surface area contributed by atoms with Crippen LogP contribution in [0.4, 0.5) is 5.69 Å². The molecule has 0 aliphatic heterocycles. The summed E-state index contributed by atoms with van der Waals surface area (Å²) in [5.41, 5.74) is 7.38. The van der Waals surface area contributed by atoms with Gasteiger partial charge < -0.3 is 10.4 Å². The van der Waals surface area contributed by atoms with Gasteiger partial charge in [0.15, 0.2) is 0 Å². The number of carbonyl (C=O) groups is 2. The summed E-state index contributed by atoms with van der Waals surface area (Å²) in [5, 5.41) is 34.1. The predicted molar refractivity (Wildman–Crippen MR) is 117 cm³/mol. The van der Waals surface area contributed by atoms with Crippen molar-refractivity contribution in [3.05, 3.63) is 64.0 Å². The molecular weight excluding hydrogens is 414 g/mol. The van der Waals surface area contributed by atoms with Crippen LogP contribution in [0.3, 0.4) is 0 Å². The van der Waals surface area contributed by atoms with E-state index in [2.05, 4.69) is 22.2 Å². The van der Waals surface area contributed by atoms with Crippen molar-refractivity contribution >= 4 is 38.9 Å². The van der Waals surface area contributed by atoms with Crippen LogP contribution in [0.5, 0.6) is 0 Å². The molecule has 0 aliphatic rings. The van der Waals surface area contributed by atoms with Crippen LogP contribution in [0.15, 0.2) is 41.8 Å². The number of aliphatic hydroxyl groups excluding tert-OH is 1. The van der Waals surface area contributed by atoms with Crippen LogP contribution in [0.25, 0.3) is 10.1 Å². The number of aryl methyl sites for hydroxylation is 1. The van der Waals surface area contributed by atoms with Gasteiger partial charge in [0, 0.05) is 16.6 Å². The summed E-state index contributed by atoms with van der Waals surface area (Å²) in [4.78, 5) is 24.9. The zero-order chi connectivity index (χ0) is 22.5. The van der Waals surface area contributed by atoms with E-state index in [-0.39, 0.29) is 5.56 Å². The first-order valence-electron chi connectivity index (χ1n) is 9.31. The summed E-state index contributed by atoms with van der Waals surface area (Å²) < 4.78 is 0.795. The lowest BCUT2D eigenvalue weighted by Gasteiger charge is -2.23. The number of thiophene rings is 1. The molecule has 2 amide bonds. The molecule has 3 rings (SSSR count). The van der Waals surface area contributed by atoms with Gasteiger partial charge in [-0.1, -0.05) is 0 Å². The zero-order valence-corrected chi connectivity index (χ0v) is 17.6. The molecule has 1 aromatic heterocycles. The molecule has 0 saturated heterocycles. The number of aliphatic hydroxyl groups is 1. The van der Waals surface area contributed by atoms with Crippen LogP contribution in [-0.4, -0.2) is 29.1 Å². The minimum atomic E-state index is -1.07. The first-order valence-corrected chi connectivity index (χ1v) is 10.2. The zero-order valence-electron chi connectivity index (χ0n) is 16.8. The molecule has 9 heteroatoms. The van der Waals surface area contributed by atoms with Crippen molar-refractivity contribution in [2.45, 2.75) is 26.0 Å². The summed E-state index contributed by atoms with van der Waals surface area (Å²) in [6.45, 7) is 3.36. The fourth-order valence-corrected chi connectivity index (χ4v) is 4.09. The summed E-state index contributed by atoms with van der Waals surface area (Å²) in [5.74, 6) is -1.20. The quantitative estimate of drug-likeness (QED) is 0.456. The van der Waals surface area contributed by atoms with E-state index in [1.165, 1.54) is 42.5 Å². The topological polar surface area (TPSA) is 138 Å². The minimum absolute atomic E-state index is 0.267. The van der Waals surface area contributed by atoms with Gasteiger partial charge in [0.1, 0.15) is 12.1 Å². The van der Waals surface area contributed by atoms with Gasteiger partial charge in [0.2, 0.25) is 0 Å². The van der Waals surface area contributed by atoms with Crippen LogP contribution in [0.2, 0.25) is 0 Å². The van der Waals surface area contributed by atoms with Crippen LogP contribution in [-0.2, 0) is 4.79 Å². The molecule has 0 spiro atoms. The average Bonchev–Trinajstić information content (AvgIpc) is 3.17. The predicted octanol–water partition coefficient (Wildman–Crippen LogP) is 2.58. The van der Waals surface area contributed by atoms with E-state index in [0.29, 0.717) is 16.8 Å². The van der Waals surface area contributed by atoms with Gasteiger partial charge in [-0.05, 0) is 61.2 Å². The number of amides is 2. The Balaban J connectivity index is 1.75. The number of benzene rings is 2. The highest BCUT2D eigenvalue weighted by Gasteiger charge is 2.25. The summed E-state index contributed by atoms with van der Waals surface area (Å²) in [7, 11) is 0. The highest BCUT2D eigenvalue weighted by molar-refractivity contribution is 7.17. The van der Waals surface area contributed by atoms with Crippen molar-refractivity contribution in [1.29, 1.82) is 10.5 Å². The van der Waals surface area contributed by atoms with E-state index in [4.69, 9.17) is 5.26 Å². The van der Waals surface area contributed by atoms with E-state index in [1.54, 1.807) is 12.1 Å². The fourth-order valence-electron chi connectivity index (χ4n) is 3.05. The fraction of sp³-hybridized carbons (Fsp3) is 0.182. The van der Waals surface area contributed by atoms with Crippen molar-refractivity contribution in [2.75, 3.05) is 5.32 Å². The van der Waals surface area contributed by atoms with Crippen molar-refractivity contribution in [3.8, 4) is 12.1 Å². The van der Waals surface area contributed by atoms with E-state index < -0.39 is 24.0 Å². The second kappa shape index (κ2) is 9.26. The largest absolute Gasteiger partial charge is 0.391 e. The van der Waals surface area contributed by atoms with Gasteiger partial charge in [-0.2, -0.15) is 10.5 Å². The van der Waals surface area contributed by atoms with E-state index in [9.17, 15) is 20.0 Å². The number of carbonyl (C=O) groups excluding carboxylic acids is 2. The number of hydrogen-bond donors (Lipinski definition) is 4. The van der Waals surface area contributed by atoms with Gasteiger partial charge >= 0.3 is 0 Å². The maximum absolute atomic E-state index is 12.7. The lowest BCUT2D eigenvalue weighted by molar-refractivity contribution is -0.124. The number of fused-ring (bicyclic) bond motifs is 1. The van der Waals surface area contributed by atoms with Gasteiger partial charge in [-0.25, -0.2) is 0 Å². The van der Waals surface area contributed by atoms with Crippen LogP contribution in [0, 0.1) is 29.6 Å². The third kappa shape index (κ3) is 4.64. The Morgan fingerprint density at radius 2 is 1.77 bits per heavy atom. The Kier molecular flexibility index (Phi) is 6.51. The van der Waals surface area contributed by atoms with Crippen molar-refractivity contribution in [1.82, 2.24) is 10.9 Å². The molecule has 0 saturated carbocycles. The molecule has 0 unspecified atom stereocenters. The monoisotopic (exact) mass is 433 g/mol. The molecule has 156 valence electrons. The van der Waals surface area contributed by atoms with Gasteiger partial charge in [-0.15, -0.1) is 11.3 Å². The number of hydrazine groups is 1. The van der Waals surface area contributed by atoms with E-state index >= 15 is 0 Å². The van der Waals surface area contributed by atoms with E-state index in [0.717, 1.165) is 15.6 Å². The third-order valence-electron chi connectivity index (χ3n) is 4.68. The molecule has 2 aromatic carbocycles.